The molecule has 0 atom stereocenters. The highest BCUT2D eigenvalue weighted by atomic mass is 19.4. The zero-order valence-corrected chi connectivity index (χ0v) is 21.6. The summed E-state index contributed by atoms with van der Waals surface area (Å²) in [6, 6.07) is 4.17. The number of amides is 1. The van der Waals surface area contributed by atoms with Crippen LogP contribution in [0, 0.1) is 13.8 Å². The fraction of sp³-hybridized carbons (Fsp3) is 0.308. The third kappa shape index (κ3) is 5.17. The van der Waals surface area contributed by atoms with E-state index in [-0.39, 0.29) is 22.4 Å². The van der Waals surface area contributed by atoms with Gasteiger partial charge in [0.1, 0.15) is 12.0 Å². The van der Waals surface area contributed by atoms with Gasteiger partial charge in [0.25, 0.3) is 5.91 Å². The molecule has 0 spiro atoms. The number of carbonyl (C=O) groups is 1. The van der Waals surface area contributed by atoms with Crippen LogP contribution in [0.4, 0.5) is 18.9 Å². The number of anilines is 1. The summed E-state index contributed by atoms with van der Waals surface area (Å²) in [4.78, 5) is 29.1. The summed E-state index contributed by atoms with van der Waals surface area (Å²) in [5.74, 6) is -0.828. The number of halogens is 3. The van der Waals surface area contributed by atoms with Gasteiger partial charge in [0.05, 0.1) is 34.4 Å². The Labute approximate surface area is 222 Å². The van der Waals surface area contributed by atoms with E-state index in [1.165, 1.54) is 24.0 Å². The summed E-state index contributed by atoms with van der Waals surface area (Å²) >= 11 is 0. The number of nitrogens with two attached hydrogens (primary N) is 1. The second-order valence-corrected chi connectivity index (χ2v) is 9.48. The number of hydrogen-bond donors (Lipinski definition) is 1. The maximum absolute atomic E-state index is 14.2. The van der Waals surface area contributed by atoms with Gasteiger partial charge in [0.15, 0.2) is 0 Å². The molecule has 13 heteroatoms. The van der Waals surface area contributed by atoms with Crippen LogP contribution in [-0.4, -0.2) is 74.0 Å². The number of aryl methyl sites for hydroxylation is 1. The molecule has 10 nitrogen and oxygen atoms in total. The van der Waals surface area contributed by atoms with Crippen LogP contribution in [0.3, 0.4) is 0 Å². The van der Waals surface area contributed by atoms with Gasteiger partial charge in [-0.05, 0) is 44.7 Å². The van der Waals surface area contributed by atoms with Crippen molar-refractivity contribution in [3.8, 4) is 28.2 Å². The van der Waals surface area contributed by atoms with Crippen molar-refractivity contribution in [2.45, 2.75) is 20.0 Å². The molecule has 5 rings (SSSR count). The normalized spacial score (nSPS) is 14.6. The minimum Gasteiger partial charge on any atom is -0.369 e. The first-order valence-corrected chi connectivity index (χ1v) is 12.2. The summed E-state index contributed by atoms with van der Waals surface area (Å²) in [5, 5.41) is 8.26. The molecule has 202 valence electrons. The molecule has 2 N–H and O–H groups in total. The lowest BCUT2D eigenvalue weighted by Crippen LogP contribution is -2.44. The molecule has 0 bridgehead atoms. The maximum Gasteiger partial charge on any atom is 0.416 e. The van der Waals surface area contributed by atoms with E-state index in [0.717, 1.165) is 19.2 Å². The molecule has 4 aromatic rings. The van der Waals surface area contributed by atoms with E-state index < -0.39 is 17.6 Å². The smallest absolute Gasteiger partial charge is 0.369 e. The van der Waals surface area contributed by atoms with Gasteiger partial charge in [-0.1, -0.05) is 5.21 Å². The van der Waals surface area contributed by atoms with E-state index in [9.17, 15) is 18.0 Å². The number of pyridine rings is 1. The lowest BCUT2D eigenvalue weighted by atomic mass is 9.96. The predicted octanol–water partition coefficient (Wildman–Crippen LogP) is 3.27. The lowest BCUT2D eigenvalue weighted by Gasteiger charge is -2.35. The Balaban J connectivity index is 1.63. The Kier molecular flexibility index (Phi) is 6.76. The van der Waals surface area contributed by atoms with E-state index in [1.807, 2.05) is 11.9 Å². The van der Waals surface area contributed by atoms with Crippen molar-refractivity contribution in [1.29, 1.82) is 0 Å². The number of primary amides is 1. The van der Waals surface area contributed by atoms with Crippen LogP contribution in [0.1, 0.15) is 27.2 Å². The van der Waals surface area contributed by atoms with E-state index in [1.54, 1.807) is 31.6 Å². The Morgan fingerprint density at radius 2 is 1.67 bits per heavy atom. The highest BCUT2D eigenvalue weighted by molar-refractivity contribution is 6.00. The van der Waals surface area contributed by atoms with Crippen LogP contribution >= 0.6 is 0 Å². The van der Waals surface area contributed by atoms with Gasteiger partial charge in [-0.3, -0.25) is 9.78 Å². The molecule has 1 aliphatic heterocycles. The first-order valence-electron chi connectivity index (χ1n) is 12.2. The van der Waals surface area contributed by atoms with Crippen LogP contribution < -0.4 is 10.6 Å². The van der Waals surface area contributed by atoms with Gasteiger partial charge in [-0.25, -0.2) is 14.6 Å². The molecular formula is C26H26F3N9O. The Bertz CT molecular complexity index is 1530. The van der Waals surface area contributed by atoms with Crippen molar-refractivity contribution >= 4 is 11.6 Å². The van der Waals surface area contributed by atoms with E-state index >= 15 is 0 Å². The Morgan fingerprint density at radius 1 is 0.974 bits per heavy atom. The minimum atomic E-state index is -4.60. The van der Waals surface area contributed by atoms with Crippen molar-refractivity contribution < 1.29 is 18.0 Å². The zero-order valence-electron chi connectivity index (χ0n) is 21.6. The molecule has 1 amide bonds. The Hall–Kier alpha value is -4.39. The lowest BCUT2D eigenvalue weighted by molar-refractivity contribution is -0.138. The number of rotatable bonds is 5. The van der Waals surface area contributed by atoms with Crippen LogP contribution in [0.15, 0.2) is 43.1 Å². The van der Waals surface area contributed by atoms with Crippen molar-refractivity contribution in [2.75, 3.05) is 38.1 Å². The molecule has 4 heterocycles. The van der Waals surface area contributed by atoms with Crippen molar-refractivity contribution in [2.24, 2.45) is 5.73 Å². The van der Waals surface area contributed by atoms with Crippen LogP contribution in [-0.2, 0) is 6.18 Å². The largest absolute Gasteiger partial charge is 0.416 e. The molecular weight excluding hydrogens is 511 g/mol. The van der Waals surface area contributed by atoms with E-state index in [2.05, 4.69) is 30.2 Å². The minimum absolute atomic E-state index is 0.0306. The van der Waals surface area contributed by atoms with E-state index in [4.69, 9.17) is 5.73 Å². The third-order valence-corrected chi connectivity index (χ3v) is 6.85. The third-order valence-electron chi connectivity index (χ3n) is 6.85. The fourth-order valence-corrected chi connectivity index (χ4v) is 4.69. The van der Waals surface area contributed by atoms with Crippen LogP contribution in [0.25, 0.3) is 28.2 Å². The topological polar surface area (TPSA) is 119 Å². The average molecular weight is 538 g/mol. The molecule has 3 aromatic heterocycles. The predicted molar refractivity (Wildman–Crippen MR) is 138 cm³/mol. The first kappa shape index (κ1) is 26.2. The number of piperazine rings is 1. The second kappa shape index (κ2) is 10.1. The van der Waals surface area contributed by atoms with Crippen molar-refractivity contribution in [3.63, 3.8) is 0 Å². The molecule has 0 aliphatic carbocycles. The Morgan fingerprint density at radius 3 is 2.31 bits per heavy atom. The van der Waals surface area contributed by atoms with Gasteiger partial charge in [0.2, 0.25) is 0 Å². The quantitative estimate of drug-likeness (QED) is 0.412. The standard InChI is InChI=1S/C26H26F3N9O/c1-15-20(26(27,28)29)8-17(9-22(15)37-6-4-36(3)5-7-37)24-19(25(30)39)10-23(16(2)33-24)38-13-21(34-35-38)18-11-31-14-32-12-18/h8-14H,4-7H2,1-3H3,(H2,30,39). The fourth-order valence-electron chi connectivity index (χ4n) is 4.69. The summed E-state index contributed by atoms with van der Waals surface area (Å²) in [6.45, 7) is 5.74. The highest BCUT2D eigenvalue weighted by Crippen LogP contribution is 2.40. The average Bonchev–Trinajstić information content (AvgIpc) is 3.39. The van der Waals surface area contributed by atoms with Crippen LogP contribution in [0.5, 0.6) is 0 Å². The zero-order chi connectivity index (χ0) is 27.9. The maximum atomic E-state index is 14.2. The van der Waals surface area contributed by atoms with Gasteiger partial charge in [-0.2, -0.15) is 13.2 Å². The second-order valence-electron chi connectivity index (χ2n) is 9.48. The molecule has 39 heavy (non-hydrogen) atoms. The summed E-state index contributed by atoms with van der Waals surface area (Å²) in [5.41, 5.74) is 7.68. The molecule has 0 radical (unpaired) electrons. The molecule has 0 unspecified atom stereocenters. The molecule has 1 saturated heterocycles. The number of benzene rings is 1. The van der Waals surface area contributed by atoms with Gasteiger partial charge in [0, 0.05) is 55.4 Å². The highest BCUT2D eigenvalue weighted by Gasteiger charge is 2.35. The van der Waals surface area contributed by atoms with Crippen LogP contribution in [0.2, 0.25) is 0 Å². The van der Waals surface area contributed by atoms with Gasteiger partial charge in [-0.15, -0.1) is 5.10 Å². The van der Waals surface area contributed by atoms with Crippen molar-refractivity contribution in [1.82, 2.24) is 34.8 Å². The van der Waals surface area contributed by atoms with Gasteiger partial charge < -0.3 is 15.5 Å². The summed E-state index contributed by atoms with van der Waals surface area (Å²) < 4.78 is 43.9. The first-order chi connectivity index (χ1) is 18.5. The van der Waals surface area contributed by atoms with E-state index in [0.29, 0.717) is 41.4 Å². The molecule has 1 aliphatic rings. The molecule has 1 aromatic carbocycles. The van der Waals surface area contributed by atoms with Gasteiger partial charge >= 0.3 is 6.18 Å². The number of hydrogen-bond acceptors (Lipinski definition) is 8. The molecule has 0 saturated carbocycles. The number of aromatic nitrogens is 6. The monoisotopic (exact) mass is 537 g/mol. The molecule has 1 fully saturated rings. The number of carbonyl (C=O) groups excluding carboxylic acids is 1. The van der Waals surface area contributed by atoms with Crippen molar-refractivity contribution in [3.05, 3.63) is 65.5 Å². The summed E-state index contributed by atoms with van der Waals surface area (Å²) in [6.07, 6.45) is 1.58. The number of alkyl halides is 3. The SMILES string of the molecule is Cc1nc(-c2cc(N3CCN(C)CC3)c(C)c(C(F)(F)F)c2)c(C(N)=O)cc1-n1cc(-c2cncnc2)nn1. The number of nitrogens with zero attached hydrogens (tertiary/aromatic N) is 8. The summed E-state index contributed by atoms with van der Waals surface area (Å²) in [7, 11) is 1.97. The number of likely N-dealkylation sites (N-methyl/N-ethyl adjacent to an activating group) is 1.